The quantitative estimate of drug-likeness (QED) is 0.0502. The van der Waals surface area contributed by atoms with Gasteiger partial charge < -0.3 is 17.2 Å². The SMILES string of the molecule is CC(CN)CCc1ccc(-n2ccccc2=O)cn1.CCC(C)CCc1ccc(-n2ccccc2=O)cn1.CSc1cnc(CCC(C)CCc2ccc(-n3ccccc3=O)cn2)nc1.Nc1ccc(-n2ccccc2=O)cn1.Nc1ccc(I)cn1. The number of hydrogen-bond acceptors (Lipinski definition) is 15. The standard InChI is InChI=1S/C21H24N4OS.C16H20N2O.C15H19N3O.C10H9N3O.C5H5IN2/c1-16(7-11-20-23-14-19(27-2)15-24-20)6-8-17-9-10-18(13-22-17)25-12-4-3-5-21(25)26;1-3-13(2)7-8-14-9-10-15(12-17-14)18-11-5-4-6-16(18)19;1-12(10-16)5-6-13-7-8-14(11-17-13)18-9-3-2-4-15(18)19;11-9-5-4-8(7-12-9)13-6-2-1-3-10(13)14;6-4-1-2-5(7)8-3-4/h3-5,9-10,12-16H,6-8,11H2,1-2H3;4-6,9-13H,3,7-8H2,1-2H3;2-4,7-9,11-12H,5-6,10,16H2,1H3;1-7H,(H2,11,12);1-3H,(H2,7,8). The average Bonchev–Trinajstić information content (AvgIpc) is 3.75. The summed E-state index contributed by atoms with van der Waals surface area (Å²) in [6.07, 6.45) is 30.6. The summed E-state index contributed by atoms with van der Waals surface area (Å²) >= 11 is 3.84. The maximum atomic E-state index is 11.9. The van der Waals surface area contributed by atoms with Crippen molar-refractivity contribution in [2.75, 3.05) is 24.3 Å². The van der Waals surface area contributed by atoms with Gasteiger partial charge in [-0.3, -0.25) is 52.4 Å². The van der Waals surface area contributed by atoms with Crippen LogP contribution < -0.4 is 39.4 Å². The van der Waals surface area contributed by atoms with Crippen LogP contribution in [0.2, 0.25) is 0 Å². The van der Waals surface area contributed by atoms with Gasteiger partial charge in [-0.15, -0.1) is 11.8 Å². The number of nitrogens with zero attached hydrogens (tertiary/aromatic N) is 11. The Morgan fingerprint density at radius 2 is 0.782 bits per heavy atom. The number of anilines is 2. The van der Waals surface area contributed by atoms with E-state index >= 15 is 0 Å². The lowest BCUT2D eigenvalue weighted by Gasteiger charge is -2.11. The van der Waals surface area contributed by atoms with Crippen LogP contribution >= 0.6 is 34.4 Å². The molecule has 0 saturated carbocycles. The van der Waals surface area contributed by atoms with Crippen LogP contribution in [0.5, 0.6) is 0 Å². The Morgan fingerprint density at radius 1 is 0.425 bits per heavy atom. The highest BCUT2D eigenvalue weighted by Gasteiger charge is 2.09. The van der Waals surface area contributed by atoms with E-state index in [4.69, 9.17) is 17.2 Å². The largest absolute Gasteiger partial charge is 0.384 e. The predicted octanol–water partition coefficient (Wildman–Crippen LogP) is 11.0. The summed E-state index contributed by atoms with van der Waals surface area (Å²) in [4.78, 5) is 77.7. The van der Waals surface area contributed by atoms with Gasteiger partial charge in [0.05, 0.1) is 47.5 Å². The van der Waals surface area contributed by atoms with Crippen molar-refractivity contribution in [1.29, 1.82) is 0 Å². The van der Waals surface area contributed by atoms with Crippen LogP contribution in [0, 0.1) is 21.3 Å². The normalized spacial score (nSPS) is 11.6. The summed E-state index contributed by atoms with van der Waals surface area (Å²) in [5.41, 5.74) is 22.4. The minimum Gasteiger partial charge on any atom is -0.384 e. The van der Waals surface area contributed by atoms with Crippen LogP contribution in [-0.4, -0.2) is 66.0 Å². The summed E-state index contributed by atoms with van der Waals surface area (Å²) in [6, 6.07) is 39.3. The second-order valence-electron chi connectivity index (χ2n) is 20.7. The molecule has 3 unspecified atom stereocenters. The first-order chi connectivity index (χ1) is 42.1. The zero-order valence-corrected chi connectivity index (χ0v) is 52.9. The maximum Gasteiger partial charge on any atom is 0.255 e. The molecule has 0 spiro atoms. The molecule has 3 atom stereocenters. The summed E-state index contributed by atoms with van der Waals surface area (Å²) in [7, 11) is 0. The van der Waals surface area contributed by atoms with E-state index in [1.807, 2.05) is 79.3 Å². The van der Waals surface area contributed by atoms with E-state index < -0.39 is 0 Å². The Labute approximate surface area is 526 Å². The number of halogens is 1. The van der Waals surface area contributed by atoms with Gasteiger partial charge in [0, 0.05) is 99.6 Å². The number of nitrogen functional groups attached to an aromatic ring is 2. The summed E-state index contributed by atoms with van der Waals surface area (Å²) in [5.74, 6) is 3.75. The highest BCUT2D eigenvalue weighted by atomic mass is 127. The second kappa shape index (κ2) is 36.3. The van der Waals surface area contributed by atoms with Gasteiger partial charge in [-0.25, -0.2) is 19.9 Å². The van der Waals surface area contributed by atoms with Gasteiger partial charge >= 0.3 is 0 Å². The topological polar surface area (TPSA) is 256 Å². The molecular weight excluding hydrogens is 1220 g/mol. The minimum absolute atomic E-state index is 0.0309. The number of aryl methyl sites for hydroxylation is 4. The molecule has 20 heteroatoms. The third-order valence-electron chi connectivity index (χ3n) is 13.9. The lowest BCUT2D eigenvalue weighted by atomic mass is 9.98. The van der Waals surface area contributed by atoms with Crippen molar-refractivity contribution < 1.29 is 0 Å². The van der Waals surface area contributed by atoms with Crippen LogP contribution in [0.25, 0.3) is 22.7 Å². The molecular formula is C67H77IN14O4S. The summed E-state index contributed by atoms with van der Waals surface area (Å²) in [6.45, 7) is 9.57. The monoisotopic (exact) mass is 1300 g/mol. The molecule has 0 aliphatic rings. The zero-order valence-electron chi connectivity index (χ0n) is 49.9. The highest BCUT2D eigenvalue weighted by Crippen LogP contribution is 2.18. The van der Waals surface area contributed by atoms with Gasteiger partial charge in [0.15, 0.2) is 0 Å². The number of nitrogens with two attached hydrogens (primary N) is 3. The van der Waals surface area contributed by atoms with Gasteiger partial charge in [0.1, 0.15) is 17.5 Å². The van der Waals surface area contributed by atoms with Crippen molar-refractivity contribution >= 4 is 46.0 Å². The fourth-order valence-electron chi connectivity index (χ4n) is 8.21. The summed E-state index contributed by atoms with van der Waals surface area (Å²) in [5, 5.41) is 0. The smallest absolute Gasteiger partial charge is 0.255 e. The second-order valence-corrected chi connectivity index (χ2v) is 22.8. The first-order valence-electron chi connectivity index (χ1n) is 28.8. The van der Waals surface area contributed by atoms with E-state index in [0.29, 0.717) is 35.7 Å². The Hall–Kier alpha value is -8.73. The van der Waals surface area contributed by atoms with Gasteiger partial charge in [-0.1, -0.05) is 58.4 Å². The van der Waals surface area contributed by atoms with Gasteiger partial charge in [-0.05, 0) is 183 Å². The van der Waals surface area contributed by atoms with Crippen LogP contribution in [0.4, 0.5) is 11.6 Å². The van der Waals surface area contributed by atoms with Crippen molar-refractivity contribution in [1.82, 2.24) is 53.2 Å². The lowest BCUT2D eigenvalue weighted by Crippen LogP contribution is -2.16. The molecule has 0 radical (unpaired) electrons. The van der Waals surface area contributed by atoms with Crippen LogP contribution in [0.1, 0.15) is 82.7 Å². The fourth-order valence-corrected chi connectivity index (χ4v) is 8.85. The summed E-state index contributed by atoms with van der Waals surface area (Å²) < 4.78 is 7.40. The van der Waals surface area contributed by atoms with Crippen molar-refractivity contribution in [2.45, 2.75) is 90.4 Å². The molecule has 6 N–H and O–H groups in total. The molecule has 452 valence electrons. The number of thioether (sulfide) groups is 1. The van der Waals surface area contributed by atoms with E-state index in [2.05, 4.69) is 85.2 Å². The van der Waals surface area contributed by atoms with Gasteiger partial charge in [-0.2, -0.15) is 0 Å². The van der Waals surface area contributed by atoms with Crippen LogP contribution in [0.3, 0.4) is 0 Å². The van der Waals surface area contributed by atoms with E-state index in [0.717, 1.165) is 106 Å². The third kappa shape index (κ3) is 23.2. The maximum absolute atomic E-state index is 11.9. The molecule has 0 aliphatic carbocycles. The average molecular weight is 1300 g/mol. The molecule has 0 amide bonds. The first kappa shape index (κ1) is 67.4. The molecule has 18 nitrogen and oxygen atoms in total. The molecule has 10 heterocycles. The minimum atomic E-state index is -0.0842. The highest BCUT2D eigenvalue weighted by molar-refractivity contribution is 14.1. The number of rotatable bonds is 19. The van der Waals surface area contributed by atoms with Gasteiger partial charge in [0.25, 0.3) is 22.2 Å². The Kier molecular flexibility index (Phi) is 28.1. The van der Waals surface area contributed by atoms with Crippen molar-refractivity contribution in [3.63, 3.8) is 0 Å². The Balaban J connectivity index is 0.000000181. The fraction of sp³-hybridized carbons (Fsp3) is 0.269. The number of hydrogen-bond donors (Lipinski definition) is 3. The number of aromatic nitrogens is 11. The molecule has 0 aromatic carbocycles. The van der Waals surface area contributed by atoms with Crippen molar-refractivity contribution in [3.8, 4) is 22.7 Å². The first-order valence-corrected chi connectivity index (χ1v) is 31.1. The zero-order chi connectivity index (χ0) is 62.3. The van der Waals surface area contributed by atoms with Crippen molar-refractivity contribution in [3.05, 3.63) is 270 Å². The third-order valence-corrected chi connectivity index (χ3v) is 15.2. The van der Waals surface area contributed by atoms with E-state index in [1.165, 1.54) is 23.1 Å². The van der Waals surface area contributed by atoms with E-state index in [1.54, 1.807) is 142 Å². The Morgan fingerprint density at radius 3 is 1.09 bits per heavy atom. The molecule has 87 heavy (non-hydrogen) atoms. The number of pyridine rings is 9. The predicted molar refractivity (Wildman–Crippen MR) is 359 cm³/mol. The van der Waals surface area contributed by atoms with Gasteiger partial charge in [0.2, 0.25) is 0 Å². The molecule has 10 aromatic heterocycles. The molecule has 10 rings (SSSR count). The Bertz CT molecular complexity index is 3720. The van der Waals surface area contributed by atoms with Crippen molar-refractivity contribution in [2.24, 2.45) is 23.5 Å². The molecule has 0 fully saturated rings. The molecule has 0 aliphatic heterocycles. The van der Waals surface area contributed by atoms with E-state index in [9.17, 15) is 19.2 Å². The van der Waals surface area contributed by atoms with Crippen LogP contribution in [0.15, 0.2) is 226 Å². The van der Waals surface area contributed by atoms with Crippen LogP contribution in [-0.2, 0) is 25.7 Å². The lowest BCUT2D eigenvalue weighted by molar-refractivity contribution is 0.484. The molecule has 0 bridgehead atoms. The molecule has 10 aromatic rings. The molecule has 0 saturated heterocycles. The van der Waals surface area contributed by atoms with E-state index in [-0.39, 0.29) is 22.2 Å².